The van der Waals surface area contributed by atoms with Gasteiger partial charge in [0.2, 0.25) is 0 Å². The van der Waals surface area contributed by atoms with Gasteiger partial charge >= 0.3 is 0 Å². The zero-order chi connectivity index (χ0) is 9.14. The fourth-order valence-corrected chi connectivity index (χ4v) is 1.45. The minimum Gasteiger partial charge on any atom is -0.398 e. The molecule has 0 atom stereocenters. The van der Waals surface area contributed by atoms with Crippen LogP contribution in [-0.4, -0.2) is 19.0 Å². The van der Waals surface area contributed by atoms with E-state index in [1.54, 1.807) is 0 Å². The van der Waals surface area contributed by atoms with Crippen LogP contribution < -0.4 is 5.73 Å². The molecule has 1 rings (SSSR count). The Balaban J connectivity index is 2.92. The highest BCUT2D eigenvalue weighted by molar-refractivity contribution is 9.10. The van der Waals surface area contributed by atoms with E-state index in [-0.39, 0.29) is 0 Å². The van der Waals surface area contributed by atoms with Gasteiger partial charge in [-0.3, -0.25) is 0 Å². The summed E-state index contributed by atoms with van der Waals surface area (Å²) >= 11 is 3.46. The Hall–Kier alpha value is -0.540. The second kappa shape index (κ2) is 3.92. The molecular weight excluding hydrogens is 216 g/mol. The van der Waals surface area contributed by atoms with Crippen LogP contribution in [0.4, 0.5) is 5.69 Å². The molecule has 2 nitrogen and oxygen atoms in total. The molecule has 0 aromatic heterocycles. The molecule has 0 unspecified atom stereocenters. The van der Waals surface area contributed by atoms with Gasteiger partial charge in [-0.25, -0.2) is 0 Å². The molecule has 12 heavy (non-hydrogen) atoms. The summed E-state index contributed by atoms with van der Waals surface area (Å²) in [5.74, 6) is 0. The summed E-state index contributed by atoms with van der Waals surface area (Å²) < 4.78 is 1.01. The molecule has 0 aliphatic carbocycles. The first-order chi connectivity index (χ1) is 5.61. The molecule has 0 aliphatic heterocycles. The number of hydrogen-bond donors (Lipinski definition) is 1. The van der Waals surface area contributed by atoms with Crippen molar-refractivity contribution in [3.05, 3.63) is 28.2 Å². The van der Waals surface area contributed by atoms with Crippen LogP contribution in [0.5, 0.6) is 0 Å². The van der Waals surface area contributed by atoms with Crippen LogP contribution in [0, 0.1) is 0 Å². The van der Waals surface area contributed by atoms with E-state index in [1.807, 2.05) is 26.2 Å². The van der Waals surface area contributed by atoms with Gasteiger partial charge < -0.3 is 10.6 Å². The van der Waals surface area contributed by atoms with Crippen molar-refractivity contribution in [3.8, 4) is 0 Å². The Morgan fingerprint density at radius 1 is 1.42 bits per heavy atom. The van der Waals surface area contributed by atoms with Gasteiger partial charge in [0.25, 0.3) is 0 Å². The van der Waals surface area contributed by atoms with Crippen molar-refractivity contribution in [2.24, 2.45) is 0 Å². The predicted molar refractivity (Wildman–Crippen MR) is 55.9 cm³/mol. The van der Waals surface area contributed by atoms with Crippen LogP contribution in [0.3, 0.4) is 0 Å². The molecule has 0 spiro atoms. The van der Waals surface area contributed by atoms with Gasteiger partial charge in [0.1, 0.15) is 0 Å². The lowest BCUT2D eigenvalue weighted by Crippen LogP contribution is -2.11. The van der Waals surface area contributed by atoms with Crippen LogP contribution in [0.15, 0.2) is 22.7 Å². The molecule has 0 heterocycles. The summed E-state index contributed by atoms with van der Waals surface area (Å²) in [4.78, 5) is 2.11. The van der Waals surface area contributed by atoms with E-state index in [1.165, 1.54) is 5.56 Å². The number of benzene rings is 1. The molecule has 0 amide bonds. The third kappa shape index (κ3) is 2.22. The third-order valence-electron chi connectivity index (χ3n) is 1.60. The van der Waals surface area contributed by atoms with Crippen LogP contribution in [0.1, 0.15) is 5.56 Å². The van der Waals surface area contributed by atoms with Gasteiger partial charge in [0, 0.05) is 16.7 Å². The molecule has 66 valence electrons. The van der Waals surface area contributed by atoms with E-state index < -0.39 is 0 Å². The SMILES string of the molecule is CN(C)Cc1cccc(N)c1Br. The predicted octanol–water partition coefficient (Wildman–Crippen LogP) is 2.09. The van der Waals surface area contributed by atoms with Gasteiger partial charge in [-0.2, -0.15) is 0 Å². The molecule has 1 aromatic rings. The normalized spacial score (nSPS) is 10.7. The van der Waals surface area contributed by atoms with Crippen molar-refractivity contribution in [1.29, 1.82) is 0 Å². The molecular formula is C9H13BrN2. The quantitative estimate of drug-likeness (QED) is 0.787. The fourth-order valence-electron chi connectivity index (χ4n) is 1.06. The average Bonchev–Trinajstić information content (AvgIpc) is 1.98. The van der Waals surface area contributed by atoms with Crippen LogP contribution >= 0.6 is 15.9 Å². The lowest BCUT2D eigenvalue weighted by Gasteiger charge is -2.12. The van der Waals surface area contributed by atoms with Crippen molar-refractivity contribution in [2.45, 2.75) is 6.54 Å². The average molecular weight is 229 g/mol. The summed E-state index contributed by atoms with van der Waals surface area (Å²) in [5, 5.41) is 0. The van der Waals surface area contributed by atoms with Crippen molar-refractivity contribution in [3.63, 3.8) is 0 Å². The number of nitrogen functional groups attached to an aromatic ring is 1. The van der Waals surface area contributed by atoms with Crippen molar-refractivity contribution in [1.82, 2.24) is 4.90 Å². The Labute approximate surface area is 81.5 Å². The molecule has 3 heteroatoms. The molecule has 0 saturated carbocycles. The van der Waals surface area contributed by atoms with E-state index in [2.05, 4.69) is 26.9 Å². The molecule has 1 aromatic carbocycles. The highest BCUT2D eigenvalue weighted by Gasteiger charge is 2.02. The topological polar surface area (TPSA) is 29.3 Å². The standard InChI is InChI=1S/C9H13BrN2/c1-12(2)6-7-4-3-5-8(11)9(7)10/h3-5H,6,11H2,1-2H3. The van der Waals surface area contributed by atoms with Gasteiger partial charge in [-0.15, -0.1) is 0 Å². The minimum absolute atomic E-state index is 0.800. The van der Waals surface area contributed by atoms with Crippen LogP contribution in [-0.2, 0) is 6.54 Å². The number of nitrogens with zero attached hydrogens (tertiary/aromatic N) is 1. The summed E-state index contributed by atoms with van der Waals surface area (Å²) in [6.45, 7) is 0.908. The number of nitrogens with two attached hydrogens (primary N) is 1. The minimum atomic E-state index is 0.800. The highest BCUT2D eigenvalue weighted by Crippen LogP contribution is 2.24. The van der Waals surface area contributed by atoms with Crippen molar-refractivity contribution in [2.75, 3.05) is 19.8 Å². The molecule has 0 aliphatic rings. The first-order valence-electron chi connectivity index (χ1n) is 3.79. The van der Waals surface area contributed by atoms with Gasteiger partial charge in [-0.05, 0) is 41.7 Å². The van der Waals surface area contributed by atoms with E-state index in [0.717, 1.165) is 16.7 Å². The Morgan fingerprint density at radius 3 is 2.67 bits per heavy atom. The summed E-state index contributed by atoms with van der Waals surface area (Å²) in [6, 6.07) is 5.93. The monoisotopic (exact) mass is 228 g/mol. The number of anilines is 1. The molecule has 0 saturated heterocycles. The van der Waals surface area contributed by atoms with Crippen LogP contribution in [0.25, 0.3) is 0 Å². The Kier molecular flexibility index (Phi) is 3.12. The maximum absolute atomic E-state index is 5.73. The third-order valence-corrected chi connectivity index (χ3v) is 2.56. The Morgan fingerprint density at radius 2 is 2.08 bits per heavy atom. The van der Waals surface area contributed by atoms with Crippen molar-refractivity contribution >= 4 is 21.6 Å². The number of hydrogen-bond acceptors (Lipinski definition) is 2. The zero-order valence-corrected chi connectivity index (χ0v) is 8.93. The lowest BCUT2D eigenvalue weighted by molar-refractivity contribution is 0.402. The largest absolute Gasteiger partial charge is 0.398 e. The fraction of sp³-hybridized carbons (Fsp3) is 0.333. The maximum Gasteiger partial charge on any atom is 0.0461 e. The summed E-state index contributed by atoms with van der Waals surface area (Å²) in [5.41, 5.74) is 7.75. The number of halogens is 1. The van der Waals surface area contributed by atoms with E-state index in [9.17, 15) is 0 Å². The van der Waals surface area contributed by atoms with Gasteiger partial charge in [0.05, 0.1) is 0 Å². The molecule has 0 fully saturated rings. The van der Waals surface area contributed by atoms with E-state index >= 15 is 0 Å². The zero-order valence-electron chi connectivity index (χ0n) is 7.34. The van der Waals surface area contributed by atoms with Gasteiger partial charge in [-0.1, -0.05) is 12.1 Å². The summed E-state index contributed by atoms with van der Waals surface area (Å²) in [7, 11) is 4.07. The van der Waals surface area contributed by atoms with Crippen LogP contribution in [0.2, 0.25) is 0 Å². The first-order valence-corrected chi connectivity index (χ1v) is 4.58. The maximum atomic E-state index is 5.73. The van der Waals surface area contributed by atoms with Crippen molar-refractivity contribution < 1.29 is 0 Å². The molecule has 2 N–H and O–H groups in total. The molecule has 0 bridgehead atoms. The molecule has 0 radical (unpaired) electrons. The van der Waals surface area contributed by atoms with E-state index in [0.29, 0.717) is 0 Å². The highest BCUT2D eigenvalue weighted by atomic mass is 79.9. The van der Waals surface area contributed by atoms with Gasteiger partial charge in [0.15, 0.2) is 0 Å². The second-order valence-corrected chi connectivity index (χ2v) is 3.85. The number of rotatable bonds is 2. The Bertz CT molecular complexity index is 271. The first kappa shape index (κ1) is 9.55. The van der Waals surface area contributed by atoms with E-state index in [4.69, 9.17) is 5.73 Å². The lowest BCUT2D eigenvalue weighted by atomic mass is 10.2. The smallest absolute Gasteiger partial charge is 0.0461 e. The second-order valence-electron chi connectivity index (χ2n) is 3.06. The summed E-state index contributed by atoms with van der Waals surface area (Å²) in [6.07, 6.45) is 0.